The van der Waals surface area contributed by atoms with E-state index in [-0.39, 0.29) is 37.3 Å². The highest BCUT2D eigenvalue weighted by molar-refractivity contribution is 7.92. The summed E-state index contributed by atoms with van der Waals surface area (Å²) >= 11 is 0. The van der Waals surface area contributed by atoms with E-state index in [2.05, 4.69) is 21.3 Å². The fourth-order valence-electron chi connectivity index (χ4n) is 5.80. The van der Waals surface area contributed by atoms with Crippen LogP contribution in [0.3, 0.4) is 0 Å². The number of amides is 3. The summed E-state index contributed by atoms with van der Waals surface area (Å²) in [5, 5.41) is 21.4. The fraction of sp³-hybridized carbons (Fsp3) is 0.559. The van der Waals surface area contributed by atoms with Gasteiger partial charge in [-0.3, -0.25) is 14.4 Å². The summed E-state index contributed by atoms with van der Waals surface area (Å²) in [5.74, 6) is -4.27. The number of benzene rings is 2. The molecular formula is C34H48F2N4O6S. The van der Waals surface area contributed by atoms with Gasteiger partial charge in [-0.2, -0.15) is 0 Å². The summed E-state index contributed by atoms with van der Waals surface area (Å²) in [6.45, 7) is 6.15. The van der Waals surface area contributed by atoms with Crippen LogP contribution in [0.15, 0.2) is 42.5 Å². The summed E-state index contributed by atoms with van der Waals surface area (Å²) in [6, 6.07) is 7.19. The Bertz CT molecular complexity index is 1450. The largest absolute Gasteiger partial charge is 0.390 e. The van der Waals surface area contributed by atoms with Crippen LogP contribution in [-0.4, -0.2) is 73.0 Å². The molecule has 1 aliphatic heterocycles. The molecule has 260 valence electrons. The van der Waals surface area contributed by atoms with Gasteiger partial charge >= 0.3 is 0 Å². The molecule has 47 heavy (non-hydrogen) atoms. The van der Waals surface area contributed by atoms with E-state index in [4.69, 9.17) is 0 Å². The molecule has 0 aliphatic carbocycles. The molecule has 3 rings (SSSR count). The van der Waals surface area contributed by atoms with Gasteiger partial charge in [-0.1, -0.05) is 57.9 Å². The third-order valence-electron chi connectivity index (χ3n) is 8.33. The smallest absolute Gasteiger partial charge is 0.243 e. The predicted molar refractivity (Wildman–Crippen MR) is 176 cm³/mol. The summed E-state index contributed by atoms with van der Waals surface area (Å²) in [4.78, 5) is 38.6. The lowest BCUT2D eigenvalue weighted by Crippen LogP contribution is -2.58. The average Bonchev–Trinajstić information content (AvgIpc) is 3.46. The Balaban J connectivity index is 1.85. The van der Waals surface area contributed by atoms with Crippen molar-refractivity contribution in [1.82, 2.24) is 21.3 Å². The van der Waals surface area contributed by atoms with Crippen molar-refractivity contribution in [3.8, 4) is 0 Å². The number of rotatable bonds is 19. The zero-order chi connectivity index (χ0) is 34.6. The molecule has 4 atom stereocenters. The number of carbonyl (C=O) groups excluding carboxylic acids is 3. The number of nitrogens with one attached hydrogen (secondary N) is 4. The van der Waals surface area contributed by atoms with Crippen molar-refractivity contribution in [2.45, 2.75) is 108 Å². The Kier molecular flexibility index (Phi) is 14.7. The minimum atomic E-state index is -3.88. The predicted octanol–water partition coefficient (Wildman–Crippen LogP) is 2.85. The highest BCUT2D eigenvalue weighted by Crippen LogP contribution is 2.18. The maximum atomic E-state index is 14.1. The van der Waals surface area contributed by atoms with E-state index in [0.29, 0.717) is 38.3 Å². The molecule has 3 amide bonds. The normalized spacial score (nSPS) is 16.8. The molecule has 1 aliphatic rings. The van der Waals surface area contributed by atoms with E-state index >= 15 is 0 Å². The number of carbonyl (C=O) groups is 3. The fourth-order valence-corrected chi connectivity index (χ4v) is 7.96. The van der Waals surface area contributed by atoms with Crippen LogP contribution in [0, 0.1) is 11.6 Å². The molecule has 2 aromatic carbocycles. The number of sulfone groups is 1. The molecule has 0 saturated carbocycles. The van der Waals surface area contributed by atoms with Crippen molar-refractivity contribution in [1.29, 1.82) is 0 Å². The summed E-state index contributed by atoms with van der Waals surface area (Å²) in [6.07, 6.45) is 1.70. The van der Waals surface area contributed by atoms with Gasteiger partial charge in [0.05, 0.1) is 23.1 Å². The van der Waals surface area contributed by atoms with Gasteiger partial charge in [0.1, 0.15) is 23.7 Å². The van der Waals surface area contributed by atoms with Gasteiger partial charge < -0.3 is 26.4 Å². The molecule has 1 heterocycles. The minimum Gasteiger partial charge on any atom is -0.390 e. The van der Waals surface area contributed by atoms with Crippen molar-refractivity contribution in [2.75, 3.05) is 12.3 Å². The van der Waals surface area contributed by atoms with Crippen LogP contribution in [-0.2, 0) is 43.6 Å². The second-order valence-corrected chi connectivity index (χ2v) is 14.5. The Morgan fingerprint density at radius 3 is 2.23 bits per heavy atom. The zero-order valence-electron chi connectivity index (χ0n) is 27.4. The van der Waals surface area contributed by atoms with Crippen molar-refractivity contribution in [2.24, 2.45) is 0 Å². The second-order valence-electron chi connectivity index (χ2n) is 12.2. The van der Waals surface area contributed by atoms with Gasteiger partial charge in [0.25, 0.3) is 0 Å². The first-order chi connectivity index (χ1) is 22.3. The van der Waals surface area contributed by atoms with Crippen molar-refractivity contribution in [3.05, 3.63) is 70.8 Å². The van der Waals surface area contributed by atoms with E-state index in [9.17, 15) is 36.7 Å². The highest BCUT2D eigenvalue weighted by atomic mass is 32.2. The quantitative estimate of drug-likeness (QED) is 0.153. The molecule has 10 nitrogen and oxygen atoms in total. The minimum absolute atomic E-state index is 0.0163. The molecule has 0 unspecified atom stereocenters. The number of aliphatic hydroxyl groups excluding tert-OH is 1. The highest BCUT2D eigenvalue weighted by Gasteiger charge is 2.36. The first-order valence-corrected chi connectivity index (χ1v) is 18.1. The van der Waals surface area contributed by atoms with Gasteiger partial charge in [0.15, 0.2) is 9.84 Å². The lowest BCUT2D eigenvalue weighted by molar-refractivity contribution is -0.130. The average molecular weight is 679 g/mol. The number of halogens is 2. The molecule has 0 radical (unpaired) electrons. The maximum absolute atomic E-state index is 14.1. The van der Waals surface area contributed by atoms with E-state index in [1.54, 1.807) is 0 Å². The van der Waals surface area contributed by atoms with E-state index in [0.717, 1.165) is 29.7 Å². The molecule has 0 spiro atoms. The Morgan fingerprint density at radius 1 is 0.979 bits per heavy atom. The summed E-state index contributed by atoms with van der Waals surface area (Å²) in [7, 11) is -3.88. The Morgan fingerprint density at radius 2 is 1.64 bits per heavy atom. The van der Waals surface area contributed by atoms with E-state index < -0.39 is 68.5 Å². The van der Waals surface area contributed by atoms with Crippen LogP contribution >= 0.6 is 0 Å². The lowest BCUT2D eigenvalue weighted by atomic mass is 10.00. The molecular weight excluding hydrogens is 630 g/mol. The third-order valence-corrected chi connectivity index (χ3v) is 10.6. The first kappa shape index (κ1) is 38.0. The van der Waals surface area contributed by atoms with Gasteiger partial charge in [-0.05, 0) is 60.9 Å². The van der Waals surface area contributed by atoms with Crippen LogP contribution < -0.4 is 21.3 Å². The standard InChI is InChI=1S/C34H48F2N4O6S/c1-4-8-27(9-5-2)47(45,46)21-30(40-33(43)28-12-13-32(42)38-28)34(44)39-29(17-24-15-25(35)18-26(36)16-24)31(41)20-37-19-23-11-7-10-22(6-3)14-23/h7,10-11,14-16,18,27-31,37,41H,4-6,8-9,12-13,17,19-21H2,1-3H3,(H,38,42)(H,39,44)(H,40,43)/t28-,29+,30+,31-/m1/s1. The molecule has 1 saturated heterocycles. The molecule has 0 bridgehead atoms. The topological polar surface area (TPSA) is 154 Å². The van der Waals surface area contributed by atoms with Gasteiger partial charge in [-0.25, -0.2) is 17.2 Å². The first-order valence-electron chi connectivity index (χ1n) is 16.4. The van der Waals surface area contributed by atoms with Crippen LogP contribution in [0.2, 0.25) is 0 Å². The van der Waals surface area contributed by atoms with Gasteiger partial charge in [0.2, 0.25) is 17.7 Å². The Labute approximate surface area is 276 Å². The van der Waals surface area contributed by atoms with Crippen molar-refractivity contribution < 1.29 is 36.7 Å². The van der Waals surface area contributed by atoms with Crippen LogP contribution in [0.4, 0.5) is 8.78 Å². The van der Waals surface area contributed by atoms with Crippen LogP contribution in [0.25, 0.3) is 0 Å². The summed E-state index contributed by atoms with van der Waals surface area (Å²) < 4.78 is 55.3. The van der Waals surface area contributed by atoms with E-state index in [1.165, 1.54) is 0 Å². The van der Waals surface area contributed by atoms with Crippen LogP contribution in [0.1, 0.15) is 76.0 Å². The van der Waals surface area contributed by atoms with Crippen molar-refractivity contribution >= 4 is 27.6 Å². The third kappa shape index (κ3) is 12.0. The monoisotopic (exact) mass is 678 g/mol. The molecule has 5 N–H and O–H groups in total. The van der Waals surface area contributed by atoms with E-state index in [1.807, 2.05) is 45.0 Å². The molecule has 2 aromatic rings. The van der Waals surface area contributed by atoms with Crippen LogP contribution in [0.5, 0.6) is 0 Å². The van der Waals surface area contributed by atoms with Gasteiger partial charge in [0, 0.05) is 25.6 Å². The maximum Gasteiger partial charge on any atom is 0.243 e. The Hall–Kier alpha value is -3.42. The zero-order valence-corrected chi connectivity index (χ0v) is 28.2. The number of aliphatic hydroxyl groups is 1. The molecule has 0 aromatic heterocycles. The number of aryl methyl sites for hydroxylation is 1. The lowest BCUT2D eigenvalue weighted by Gasteiger charge is -2.28. The van der Waals surface area contributed by atoms with Gasteiger partial charge in [-0.15, -0.1) is 0 Å². The van der Waals surface area contributed by atoms with Crippen molar-refractivity contribution in [3.63, 3.8) is 0 Å². The second kappa shape index (κ2) is 18.2. The molecule has 13 heteroatoms. The SMILES string of the molecule is CCCC(CCC)S(=O)(=O)C[C@H](NC(=O)[C@H]1CCC(=O)N1)C(=O)N[C@@H](Cc1cc(F)cc(F)c1)[C@H](O)CNCc1cccc(CC)c1. The number of hydrogen-bond donors (Lipinski definition) is 5. The molecule has 1 fully saturated rings. The number of hydrogen-bond acceptors (Lipinski definition) is 7. The summed E-state index contributed by atoms with van der Waals surface area (Å²) in [5.41, 5.74) is 2.28.